The quantitative estimate of drug-likeness (QED) is 0.297. The Kier molecular flexibility index (Phi) is 8.01. The predicted molar refractivity (Wildman–Crippen MR) is 140 cm³/mol. The smallest absolute Gasteiger partial charge is 0.420 e. The van der Waals surface area contributed by atoms with Gasteiger partial charge in [0.05, 0.1) is 42.2 Å². The van der Waals surface area contributed by atoms with Crippen LogP contribution >= 0.6 is 0 Å². The number of amides is 1. The SMILES string of the molecule is CCOC(=O)CC(C)N(C(=O)Oc1ccc2nc(CNc3ccc(C#N)cc3)[nH]c2c1)c1ccccc1. The number of hydrogen-bond acceptors (Lipinski definition) is 7. The van der Waals surface area contributed by atoms with E-state index in [4.69, 9.17) is 14.7 Å². The van der Waals surface area contributed by atoms with Gasteiger partial charge in [-0.25, -0.2) is 9.78 Å². The highest BCUT2D eigenvalue weighted by molar-refractivity contribution is 5.91. The first-order valence-electron chi connectivity index (χ1n) is 11.9. The summed E-state index contributed by atoms with van der Waals surface area (Å²) in [5.41, 5.74) is 3.52. The normalized spacial score (nSPS) is 11.4. The molecule has 9 heteroatoms. The number of hydrogen-bond donors (Lipinski definition) is 2. The monoisotopic (exact) mass is 497 g/mol. The number of anilines is 2. The van der Waals surface area contributed by atoms with E-state index in [1.807, 2.05) is 30.3 Å². The fraction of sp³-hybridized carbons (Fsp3) is 0.214. The van der Waals surface area contributed by atoms with Crippen LogP contribution in [0.25, 0.3) is 11.0 Å². The molecule has 0 fully saturated rings. The summed E-state index contributed by atoms with van der Waals surface area (Å²) in [4.78, 5) is 34.5. The first-order valence-corrected chi connectivity index (χ1v) is 11.9. The molecule has 4 rings (SSSR count). The maximum absolute atomic E-state index is 13.2. The van der Waals surface area contributed by atoms with E-state index in [0.717, 1.165) is 11.2 Å². The first-order chi connectivity index (χ1) is 18.0. The average molecular weight is 498 g/mol. The molecule has 0 aliphatic carbocycles. The van der Waals surface area contributed by atoms with E-state index in [1.165, 1.54) is 4.90 Å². The molecule has 0 spiro atoms. The third kappa shape index (κ3) is 6.44. The summed E-state index contributed by atoms with van der Waals surface area (Å²) in [5.74, 6) is 0.665. The first kappa shape index (κ1) is 25.3. The molecule has 1 heterocycles. The zero-order valence-corrected chi connectivity index (χ0v) is 20.6. The van der Waals surface area contributed by atoms with Crippen molar-refractivity contribution in [1.29, 1.82) is 5.26 Å². The molecule has 1 atom stereocenters. The van der Waals surface area contributed by atoms with Crippen LogP contribution in [-0.4, -0.2) is 34.7 Å². The maximum Gasteiger partial charge on any atom is 0.420 e. The molecule has 0 aliphatic heterocycles. The van der Waals surface area contributed by atoms with Crippen molar-refractivity contribution in [3.8, 4) is 11.8 Å². The van der Waals surface area contributed by atoms with Gasteiger partial charge in [-0.15, -0.1) is 0 Å². The molecule has 0 radical (unpaired) electrons. The summed E-state index contributed by atoms with van der Waals surface area (Å²) >= 11 is 0. The second-order valence-corrected chi connectivity index (χ2v) is 8.34. The second-order valence-electron chi connectivity index (χ2n) is 8.34. The number of nitriles is 1. The number of benzene rings is 3. The molecule has 1 unspecified atom stereocenters. The number of nitrogens with one attached hydrogen (secondary N) is 2. The van der Waals surface area contributed by atoms with E-state index in [2.05, 4.69) is 21.4 Å². The molecule has 37 heavy (non-hydrogen) atoms. The van der Waals surface area contributed by atoms with Crippen molar-refractivity contribution >= 4 is 34.5 Å². The third-order valence-corrected chi connectivity index (χ3v) is 5.62. The fourth-order valence-corrected chi connectivity index (χ4v) is 3.87. The van der Waals surface area contributed by atoms with Crippen molar-refractivity contribution in [1.82, 2.24) is 9.97 Å². The molecule has 9 nitrogen and oxygen atoms in total. The number of aromatic nitrogens is 2. The van der Waals surface area contributed by atoms with Crippen molar-refractivity contribution < 1.29 is 19.1 Å². The number of fused-ring (bicyclic) bond motifs is 1. The number of carbonyl (C=O) groups excluding carboxylic acids is 2. The topological polar surface area (TPSA) is 120 Å². The van der Waals surface area contributed by atoms with Crippen molar-refractivity contribution in [2.45, 2.75) is 32.9 Å². The predicted octanol–water partition coefficient (Wildman–Crippen LogP) is 5.39. The number of ether oxygens (including phenoxy) is 2. The minimum Gasteiger partial charge on any atom is -0.466 e. The highest BCUT2D eigenvalue weighted by Gasteiger charge is 2.26. The van der Waals surface area contributed by atoms with Gasteiger partial charge >= 0.3 is 12.1 Å². The summed E-state index contributed by atoms with van der Waals surface area (Å²) in [5, 5.41) is 12.2. The second kappa shape index (κ2) is 11.7. The van der Waals surface area contributed by atoms with Crippen molar-refractivity contribution in [2.75, 3.05) is 16.8 Å². The molecule has 0 aliphatic rings. The Bertz CT molecular complexity index is 1410. The highest BCUT2D eigenvalue weighted by atomic mass is 16.6. The summed E-state index contributed by atoms with van der Waals surface area (Å²) in [7, 11) is 0. The van der Waals surface area contributed by atoms with E-state index in [9.17, 15) is 9.59 Å². The lowest BCUT2D eigenvalue weighted by molar-refractivity contribution is -0.143. The van der Waals surface area contributed by atoms with E-state index in [-0.39, 0.29) is 19.0 Å². The van der Waals surface area contributed by atoms with Crippen LogP contribution in [0, 0.1) is 11.3 Å². The van der Waals surface area contributed by atoms with Gasteiger partial charge in [-0.1, -0.05) is 18.2 Å². The highest BCUT2D eigenvalue weighted by Crippen LogP contribution is 2.24. The molecule has 1 amide bonds. The summed E-state index contributed by atoms with van der Waals surface area (Å²) < 4.78 is 10.8. The third-order valence-electron chi connectivity index (χ3n) is 5.62. The molecule has 188 valence electrons. The number of H-pyrrole nitrogens is 1. The minimum atomic E-state index is -0.607. The largest absolute Gasteiger partial charge is 0.466 e. The zero-order valence-electron chi connectivity index (χ0n) is 20.6. The standard InChI is InChI=1S/C28H27N5O4/c1-3-36-27(34)15-19(2)33(22-7-5-4-6-8-22)28(35)37-23-13-14-24-25(16-23)32-26(31-24)18-30-21-11-9-20(17-29)10-12-21/h4-14,16,19,30H,3,15,18H2,1-2H3,(H,31,32). The lowest BCUT2D eigenvalue weighted by Gasteiger charge is -2.28. The zero-order chi connectivity index (χ0) is 26.2. The molecule has 0 saturated heterocycles. The number of esters is 1. The van der Waals surface area contributed by atoms with Crippen molar-refractivity contribution in [3.63, 3.8) is 0 Å². The molecular weight excluding hydrogens is 470 g/mol. The van der Waals surface area contributed by atoms with Gasteiger partial charge < -0.3 is 19.8 Å². The van der Waals surface area contributed by atoms with Gasteiger partial charge in [-0.2, -0.15) is 5.26 Å². The lowest BCUT2D eigenvalue weighted by Crippen LogP contribution is -2.42. The molecule has 1 aromatic heterocycles. The van der Waals surface area contributed by atoms with Crippen LogP contribution in [0.4, 0.5) is 16.2 Å². The Hall–Kier alpha value is -4.84. The van der Waals surface area contributed by atoms with E-state index < -0.39 is 12.1 Å². The number of imidazole rings is 1. The Morgan fingerprint density at radius 1 is 1.11 bits per heavy atom. The maximum atomic E-state index is 13.2. The summed E-state index contributed by atoms with van der Waals surface area (Å²) in [6.07, 6.45) is -0.572. The van der Waals surface area contributed by atoms with E-state index in [1.54, 1.807) is 56.3 Å². The fourth-order valence-electron chi connectivity index (χ4n) is 3.87. The Balaban J connectivity index is 1.47. The van der Waals surface area contributed by atoms with Gasteiger partial charge in [-0.05, 0) is 62.4 Å². The van der Waals surface area contributed by atoms with Gasteiger partial charge in [0.2, 0.25) is 0 Å². The molecule has 0 saturated carbocycles. The summed E-state index contributed by atoms with van der Waals surface area (Å²) in [6, 6.07) is 23.0. The van der Waals surface area contributed by atoms with Crippen LogP contribution in [-0.2, 0) is 16.1 Å². The van der Waals surface area contributed by atoms with E-state index in [0.29, 0.717) is 34.9 Å². The van der Waals surface area contributed by atoms with Gasteiger partial charge in [0, 0.05) is 23.5 Å². The van der Waals surface area contributed by atoms with Crippen LogP contribution in [0.5, 0.6) is 5.75 Å². The van der Waals surface area contributed by atoms with Gasteiger partial charge in [0.15, 0.2) is 0 Å². The van der Waals surface area contributed by atoms with Crippen LogP contribution < -0.4 is 15.0 Å². The van der Waals surface area contributed by atoms with Crippen LogP contribution in [0.15, 0.2) is 72.8 Å². The molecular formula is C28H27N5O4. The van der Waals surface area contributed by atoms with E-state index >= 15 is 0 Å². The van der Waals surface area contributed by atoms with Crippen molar-refractivity contribution in [2.24, 2.45) is 0 Å². The Morgan fingerprint density at radius 2 is 1.86 bits per heavy atom. The number of para-hydroxylation sites is 1. The van der Waals surface area contributed by atoms with Crippen molar-refractivity contribution in [3.05, 3.63) is 84.2 Å². The van der Waals surface area contributed by atoms with Gasteiger partial charge in [0.25, 0.3) is 0 Å². The number of carbonyl (C=O) groups is 2. The average Bonchev–Trinajstić information content (AvgIpc) is 3.31. The van der Waals surface area contributed by atoms with Crippen LogP contribution in [0.1, 0.15) is 31.7 Å². The van der Waals surface area contributed by atoms with Crippen LogP contribution in [0.2, 0.25) is 0 Å². The Morgan fingerprint density at radius 3 is 2.57 bits per heavy atom. The number of rotatable bonds is 9. The van der Waals surface area contributed by atoms with Gasteiger partial charge in [-0.3, -0.25) is 9.69 Å². The molecule has 3 aromatic carbocycles. The Labute approximate surface area is 214 Å². The summed E-state index contributed by atoms with van der Waals surface area (Å²) in [6.45, 7) is 4.24. The minimum absolute atomic E-state index is 0.0347. The van der Waals surface area contributed by atoms with Gasteiger partial charge in [0.1, 0.15) is 11.6 Å². The number of aromatic amines is 1. The molecule has 2 N–H and O–H groups in total. The molecule has 4 aromatic rings. The lowest BCUT2D eigenvalue weighted by atomic mass is 10.2. The number of nitrogens with zero attached hydrogens (tertiary/aromatic N) is 3. The van der Waals surface area contributed by atoms with Crippen LogP contribution in [0.3, 0.4) is 0 Å². The molecule has 0 bridgehead atoms.